The van der Waals surface area contributed by atoms with E-state index in [0.717, 1.165) is 17.4 Å². The summed E-state index contributed by atoms with van der Waals surface area (Å²) >= 11 is 0. The van der Waals surface area contributed by atoms with Crippen molar-refractivity contribution in [3.63, 3.8) is 0 Å². The van der Waals surface area contributed by atoms with Gasteiger partial charge < -0.3 is 10.6 Å². The molecule has 1 aliphatic heterocycles. The molecule has 1 atom stereocenters. The molecule has 2 aliphatic carbocycles. The molecule has 0 aromatic rings. The normalized spacial score (nSPS) is 35.6. The molecule has 80 valence electrons. The zero-order chi connectivity index (χ0) is 9.43. The van der Waals surface area contributed by atoms with Gasteiger partial charge in [-0.25, -0.2) is 0 Å². The lowest BCUT2D eigenvalue weighted by atomic mass is 9.90. The summed E-state index contributed by atoms with van der Waals surface area (Å²) in [6, 6.07) is 0.884. The summed E-state index contributed by atoms with van der Waals surface area (Å²) in [5.41, 5.74) is 0.780. The zero-order valence-corrected chi connectivity index (χ0v) is 9.02. The van der Waals surface area contributed by atoms with Gasteiger partial charge in [0.15, 0.2) is 0 Å². The first-order valence-electron chi connectivity index (χ1n) is 6.33. The van der Waals surface area contributed by atoms with Crippen LogP contribution in [-0.2, 0) is 0 Å². The van der Waals surface area contributed by atoms with Crippen molar-refractivity contribution < 1.29 is 0 Å². The predicted octanol–water partition coefficient (Wildman–Crippen LogP) is 1.52. The van der Waals surface area contributed by atoms with E-state index in [-0.39, 0.29) is 0 Å². The van der Waals surface area contributed by atoms with Gasteiger partial charge in [-0.15, -0.1) is 0 Å². The van der Waals surface area contributed by atoms with Gasteiger partial charge in [-0.1, -0.05) is 6.42 Å². The number of nitrogens with one attached hydrogen (secondary N) is 2. The smallest absolute Gasteiger partial charge is 0.00672 e. The Morgan fingerprint density at radius 3 is 2.64 bits per heavy atom. The Hall–Kier alpha value is -0.0800. The lowest BCUT2D eigenvalue weighted by Gasteiger charge is -2.28. The lowest BCUT2D eigenvalue weighted by Crippen LogP contribution is -2.38. The maximum absolute atomic E-state index is 3.73. The summed E-state index contributed by atoms with van der Waals surface area (Å²) < 4.78 is 0. The van der Waals surface area contributed by atoms with Crippen molar-refractivity contribution in [2.75, 3.05) is 19.6 Å². The summed E-state index contributed by atoms with van der Waals surface area (Å²) in [5.74, 6) is 1.02. The molecule has 0 aromatic heterocycles. The van der Waals surface area contributed by atoms with Gasteiger partial charge in [0.1, 0.15) is 0 Å². The first-order chi connectivity index (χ1) is 6.89. The van der Waals surface area contributed by atoms with Crippen LogP contribution in [0.15, 0.2) is 0 Å². The van der Waals surface area contributed by atoms with Crippen molar-refractivity contribution in [1.29, 1.82) is 0 Å². The minimum atomic E-state index is 0.780. The van der Waals surface area contributed by atoms with E-state index in [9.17, 15) is 0 Å². The Kier molecular flexibility index (Phi) is 2.29. The maximum Gasteiger partial charge on any atom is 0.00672 e. The molecule has 2 heteroatoms. The molecular formula is C12H22N2. The summed E-state index contributed by atoms with van der Waals surface area (Å²) in [6.07, 6.45) is 8.70. The van der Waals surface area contributed by atoms with Crippen molar-refractivity contribution in [3.8, 4) is 0 Å². The van der Waals surface area contributed by atoms with Gasteiger partial charge >= 0.3 is 0 Å². The second-order valence-corrected chi connectivity index (χ2v) is 5.55. The van der Waals surface area contributed by atoms with Crippen LogP contribution in [0.5, 0.6) is 0 Å². The molecule has 3 fully saturated rings. The Bertz CT molecular complexity index is 204. The number of hydrogen-bond donors (Lipinski definition) is 2. The largest absolute Gasteiger partial charge is 0.317 e. The highest BCUT2D eigenvalue weighted by Gasteiger charge is 2.53. The zero-order valence-electron chi connectivity index (χ0n) is 9.02. The highest BCUT2D eigenvalue weighted by atomic mass is 15.0. The summed E-state index contributed by atoms with van der Waals surface area (Å²) in [7, 11) is 0. The molecule has 3 aliphatic rings. The van der Waals surface area contributed by atoms with Crippen molar-refractivity contribution in [3.05, 3.63) is 0 Å². The Morgan fingerprint density at radius 1 is 1.21 bits per heavy atom. The van der Waals surface area contributed by atoms with Crippen LogP contribution in [0.3, 0.4) is 0 Å². The SMILES string of the molecule is C1CC(NCC2CC23CCNCC3)C1. The fourth-order valence-electron chi connectivity index (χ4n) is 3.18. The van der Waals surface area contributed by atoms with Crippen LogP contribution in [0, 0.1) is 11.3 Å². The lowest BCUT2D eigenvalue weighted by molar-refractivity contribution is 0.292. The van der Waals surface area contributed by atoms with Crippen LogP contribution in [0.1, 0.15) is 38.5 Å². The molecule has 2 nitrogen and oxygen atoms in total. The summed E-state index contributed by atoms with van der Waals surface area (Å²) in [6.45, 7) is 3.84. The van der Waals surface area contributed by atoms with Crippen molar-refractivity contribution in [1.82, 2.24) is 10.6 Å². The van der Waals surface area contributed by atoms with Gasteiger partial charge in [-0.3, -0.25) is 0 Å². The van der Waals surface area contributed by atoms with E-state index in [1.54, 1.807) is 0 Å². The average molecular weight is 194 g/mol. The van der Waals surface area contributed by atoms with Gasteiger partial charge in [0.2, 0.25) is 0 Å². The van der Waals surface area contributed by atoms with E-state index in [1.165, 1.54) is 58.2 Å². The van der Waals surface area contributed by atoms with Crippen molar-refractivity contribution in [2.45, 2.75) is 44.6 Å². The van der Waals surface area contributed by atoms with E-state index in [4.69, 9.17) is 0 Å². The minimum Gasteiger partial charge on any atom is -0.317 e. The maximum atomic E-state index is 3.73. The van der Waals surface area contributed by atoms with Crippen LogP contribution in [0.4, 0.5) is 0 Å². The van der Waals surface area contributed by atoms with E-state index in [2.05, 4.69) is 10.6 Å². The molecule has 1 heterocycles. The quantitative estimate of drug-likeness (QED) is 0.712. The predicted molar refractivity (Wildman–Crippen MR) is 58.3 cm³/mol. The van der Waals surface area contributed by atoms with Crippen LogP contribution < -0.4 is 10.6 Å². The number of hydrogen-bond acceptors (Lipinski definition) is 2. The molecule has 1 spiro atoms. The summed E-state index contributed by atoms with van der Waals surface area (Å²) in [5, 5.41) is 7.20. The van der Waals surface area contributed by atoms with Crippen molar-refractivity contribution >= 4 is 0 Å². The van der Waals surface area contributed by atoms with Gasteiger partial charge in [0.25, 0.3) is 0 Å². The summed E-state index contributed by atoms with van der Waals surface area (Å²) in [4.78, 5) is 0. The first kappa shape index (κ1) is 9.17. The van der Waals surface area contributed by atoms with Gasteiger partial charge in [0, 0.05) is 6.04 Å². The Balaban J connectivity index is 1.42. The van der Waals surface area contributed by atoms with Crippen LogP contribution in [-0.4, -0.2) is 25.7 Å². The van der Waals surface area contributed by atoms with Gasteiger partial charge in [0.05, 0.1) is 0 Å². The molecule has 2 N–H and O–H groups in total. The monoisotopic (exact) mass is 194 g/mol. The average Bonchev–Trinajstić information content (AvgIpc) is 2.77. The molecule has 1 saturated heterocycles. The van der Waals surface area contributed by atoms with Crippen molar-refractivity contribution in [2.24, 2.45) is 11.3 Å². The van der Waals surface area contributed by atoms with E-state index in [1.807, 2.05) is 0 Å². The third kappa shape index (κ3) is 1.59. The molecule has 14 heavy (non-hydrogen) atoms. The third-order valence-electron chi connectivity index (χ3n) is 4.72. The molecule has 0 bridgehead atoms. The number of rotatable bonds is 3. The number of piperidine rings is 1. The standard InChI is InChI=1S/C12H22N2/c1-2-11(3-1)14-9-10-8-12(10)4-6-13-7-5-12/h10-11,13-14H,1-9H2. The van der Waals surface area contributed by atoms with E-state index >= 15 is 0 Å². The highest BCUT2D eigenvalue weighted by molar-refractivity contribution is 5.05. The molecule has 1 unspecified atom stereocenters. The first-order valence-corrected chi connectivity index (χ1v) is 6.33. The van der Waals surface area contributed by atoms with E-state index in [0.29, 0.717) is 0 Å². The molecule has 2 saturated carbocycles. The van der Waals surface area contributed by atoms with Crippen LogP contribution >= 0.6 is 0 Å². The van der Waals surface area contributed by atoms with E-state index < -0.39 is 0 Å². The second-order valence-electron chi connectivity index (χ2n) is 5.55. The Morgan fingerprint density at radius 2 is 2.00 bits per heavy atom. The fraction of sp³-hybridized carbons (Fsp3) is 1.00. The highest BCUT2D eigenvalue weighted by Crippen LogP contribution is 2.58. The molecule has 3 rings (SSSR count). The minimum absolute atomic E-state index is 0.780. The Labute approximate surface area is 86.8 Å². The van der Waals surface area contributed by atoms with Crippen LogP contribution in [0.2, 0.25) is 0 Å². The molecule has 0 aromatic carbocycles. The fourth-order valence-corrected chi connectivity index (χ4v) is 3.18. The third-order valence-corrected chi connectivity index (χ3v) is 4.72. The molecular weight excluding hydrogens is 172 g/mol. The van der Waals surface area contributed by atoms with Gasteiger partial charge in [-0.05, 0) is 63.1 Å². The molecule has 0 radical (unpaired) electrons. The second kappa shape index (κ2) is 3.49. The van der Waals surface area contributed by atoms with Crippen LogP contribution in [0.25, 0.3) is 0 Å². The van der Waals surface area contributed by atoms with Gasteiger partial charge in [-0.2, -0.15) is 0 Å². The molecule has 0 amide bonds. The topological polar surface area (TPSA) is 24.1 Å².